The Bertz CT molecular complexity index is 120. The molecule has 0 aromatic rings. The fourth-order valence-electron chi connectivity index (χ4n) is 0. The Hall–Kier alpha value is 1.22. The molecule has 1 nitrogen and oxygen atoms in total. The Balaban J connectivity index is -0.0000000800. The van der Waals surface area contributed by atoms with Gasteiger partial charge >= 0.3 is 37.7 Å². The molecule has 2 heteroatoms. The molecule has 96 valence electrons. The second-order valence-corrected chi connectivity index (χ2v) is 6.50. The van der Waals surface area contributed by atoms with Gasteiger partial charge in [0.1, 0.15) is 0 Å². The molecule has 0 bridgehead atoms. The topological polar surface area (TPSA) is 30.0 Å². The van der Waals surface area contributed by atoms with Gasteiger partial charge in [0.25, 0.3) is 0 Å². The van der Waals surface area contributed by atoms with E-state index >= 15 is 0 Å². The van der Waals surface area contributed by atoms with Crippen LogP contribution in [-0.2, 0) is 0 Å². The van der Waals surface area contributed by atoms with Crippen LogP contribution in [0.3, 0.4) is 0 Å². The molecule has 0 aliphatic heterocycles. The molecular formula is C14H31CaO-. The molecule has 0 aliphatic carbocycles. The average molecular weight is 255 g/mol. The van der Waals surface area contributed by atoms with E-state index in [1.165, 1.54) is 11.8 Å². The average Bonchev–Trinajstić information content (AvgIpc) is 1.83. The van der Waals surface area contributed by atoms with E-state index in [1.54, 1.807) is 0 Å². The minimum Gasteiger partial charge on any atom is -0.870 e. The fourth-order valence-corrected chi connectivity index (χ4v) is 0. The van der Waals surface area contributed by atoms with Crippen LogP contribution < -0.4 is 0 Å². The summed E-state index contributed by atoms with van der Waals surface area (Å²) in [6.07, 6.45) is 0. The molecule has 0 fully saturated rings. The van der Waals surface area contributed by atoms with Crippen molar-refractivity contribution >= 4 is 37.7 Å². The minimum atomic E-state index is 0. The van der Waals surface area contributed by atoms with Crippen molar-refractivity contribution in [1.29, 1.82) is 0 Å². The van der Waals surface area contributed by atoms with Crippen molar-refractivity contribution < 1.29 is 5.48 Å². The van der Waals surface area contributed by atoms with Crippen LogP contribution in [0.5, 0.6) is 0 Å². The molecule has 0 spiro atoms. The van der Waals surface area contributed by atoms with Crippen molar-refractivity contribution in [1.82, 2.24) is 0 Å². The van der Waals surface area contributed by atoms with E-state index < -0.39 is 0 Å². The third kappa shape index (κ3) is 17.6. The van der Waals surface area contributed by atoms with Crippen LogP contribution in [0.4, 0.5) is 0 Å². The van der Waals surface area contributed by atoms with Gasteiger partial charge in [-0.05, 0) is 0 Å². The monoisotopic (exact) mass is 255 g/mol. The Morgan fingerprint density at radius 3 is 0.625 bits per heavy atom. The van der Waals surface area contributed by atoms with Gasteiger partial charge in [0.2, 0.25) is 0 Å². The van der Waals surface area contributed by atoms with E-state index in [-0.39, 0.29) is 43.2 Å². The van der Waals surface area contributed by atoms with E-state index in [9.17, 15) is 0 Å². The largest absolute Gasteiger partial charge is 2.00 e. The van der Waals surface area contributed by atoms with Gasteiger partial charge in [-0.15, -0.1) is 0 Å². The predicted molar refractivity (Wildman–Crippen MR) is 75.8 cm³/mol. The summed E-state index contributed by atoms with van der Waals surface area (Å²) < 4.78 is 0. The second-order valence-electron chi connectivity index (χ2n) is 6.50. The summed E-state index contributed by atoms with van der Waals surface area (Å²) in [6.45, 7) is 22.0. The van der Waals surface area contributed by atoms with Crippen LogP contribution in [0.1, 0.15) is 69.2 Å². The van der Waals surface area contributed by atoms with Crippen molar-refractivity contribution in [3.63, 3.8) is 0 Å². The summed E-state index contributed by atoms with van der Waals surface area (Å²) in [7, 11) is 0. The van der Waals surface area contributed by atoms with E-state index in [2.05, 4.69) is 69.2 Å². The van der Waals surface area contributed by atoms with Crippen molar-refractivity contribution in [3.05, 3.63) is 11.8 Å². The Morgan fingerprint density at radius 2 is 0.625 bits per heavy atom. The van der Waals surface area contributed by atoms with Crippen LogP contribution in [-0.4, -0.2) is 43.2 Å². The van der Waals surface area contributed by atoms with Crippen molar-refractivity contribution in [2.45, 2.75) is 69.2 Å². The molecule has 0 heterocycles. The van der Waals surface area contributed by atoms with Gasteiger partial charge in [0.05, 0.1) is 0 Å². The molecule has 0 aliphatic rings. The number of hydrogen-bond donors (Lipinski definition) is 0. The van der Waals surface area contributed by atoms with Crippen molar-refractivity contribution in [2.75, 3.05) is 0 Å². The maximum Gasteiger partial charge on any atom is 2.00 e. The van der Waals surface area contributed by atoms with Gasteiger partial charge in [-0.1, -0.05) is 41.5 Å². The zero-order valence-electron chi connectivity index (χ0n) is 13.2. The molecule has 0 amide bonds. The summed E-state index contributed by atoms with van der Waals surface area (Å²) in [4.78, 5) is 0. The molecule has 0 aromatic carbocycles. The first-order valence-corrected chi connectivity index (χ1v) is 5.50. The van der Waals surface area contributed by atoms with E-state index in [4.69, 9.17) is 0 Å². The number of rotatable bonds is 0. The van der Waals surface area contributed by atoms with E-state index in [0.29, 0.717) is 10.8 Å². The van der Waals surface area contributed by atoms with Crippen LogP contribution >= 0.6 is 0 Å². The molecule has 0 unspecified atom stereocenters. The van der Waals surface area contributed by atoms with Crippen LogP contribution in [0.15, 0.2) is 0 Å². The molecule has 0 saturated carbocycles. The first-order valence-electron chi connectivity index (χ1n) is 5.50. The second kappa shape index (κ2) is 10.2. The van der Waals surface area contributed by atoms with Gasteiger partial charge in [-0.2, -0.15) is 38.5 Å². The van der Waals surface area contributed by atoms with Gasteiger partial charge in [-0.25, -0.2) is 0 Å². The molecule has 0 radical (unpaired) electrons. The smallest absolute Gasteiger partial charge is 0.870 e. The molecule has 0 saturated heterocycles. The van der Waals surface area contributed by atoms with Gasteiger partial charge in [-0.3, -0.25) is 0 Å². The van der Waals surface area contributed by atoms with Gasteiger partial charge in [0, 0.05) is 0 Å². The summed E-state index contributed by atoms with van der Waals surface area (Å²) in [5.41, 5.74) is 0.833. The zero-order valence-corrected chi connectivity index (χ0v) is 15.4. The maximum absolute atomic E-state index is 2.22. The first kappa shape index (κ1) is 25.9. The van der Waals surface area contributed by atoms with Gasteiger partial charge < -0.3 is 17.3 Å². The third-order valence-corrected chi connectivity index (χ3v) is 3.00. The Morgan fingerprint density at radius 1 is 0.562 bits per heavy atom. The van der Waals surface area contributed by atoms with Crippen molar-refractivity contribution in [3.8, 4) is 0 Å². The van der Waals surface area contributed by atoms with E-state index in [0.717, 1.165) is 0 Å². The van der Waals surface area contributed by atoms with Crippen LogP contribution in [0, 0.1) is 22.7 Å². The van der Waals surface area contributed by atoms with Crippen molar-refractivity contribution in [2.24, 2.45) is 10.8 Å². The fraction of sp³-hybridized carbons (Fsp3) is 0.857. The molecule has 0 rings (SSSR count). The maximum atomic E-state index is 2.22. The Kier molecular flexibility index (Phi) is 16.5. The number of hydrogen-bond acceptors (Lipinski definition) is 1. The van der Waals surface area contributed by atoms with Gasteiger partial charge in [0.15, 0.2) is 0 Å². The normalized spacial score (nSPS) is 11.2. The zero-order chi connectivity index (χ0) is 12.2. The summed E-state index contributed by atoms with van der Waals surface area (Å²) in [5.74, 6) is 2.99. The quantitative estimate of drug-likeness (QED) is 0.454. The third-order valence-electron chi connectivity index (χ3n) is 3.00. The minimum absolute atomic E-state index is 0. The van der Waals surface area contributed by atoms with Crippen LogP contribution in [0.2, 0.25) is 0 Å². The molecule has 0 aromatic heterocycles. The molecule has 1 N–H and O–H groups in total. The summed E-state index contributed by atoms with van der Waals surface area (Å²) in [6, 6.07) is 0. The SMILES string of the molecule is C[C-](C)C(C)(C)C.C[C-](C)C(C)(C)C.[Ca+2].[OH-]. The predicted octanol–water partition coefficient (Wildman–Crippen LogP) is 4.74. The summed E-state index contributed by atoms with van der Waals surface area (Å²) >= 11 is 0. The van der Waals surface area contributed by atoms with Crippen LogP contribution in [0.25, 0.3) is 0 Å². The molecule has 16 heavy (non-hydrogen) atoms. The summed E-state index contributed by atoms with van der Waals surface area (Å²) in [5, 5.41) is 0. The standard InChI is InChI=1S/2C7H15.Ca.H2O/c2*1-6(2)7(3,4)5;;/h2*1-5H3;;1H2/q2*-1;+2;/p-1. The molecular weight excluding hydrogens is 224 g/mol. The van der Waals surface area contributed by atoms with E-state index in [1.807, 2.05) is 0 Å². The first-order chi connectivity index (χ1) is 5.89. The Labute approximate surface area is 134 Å². The molecule has 0 atom stereocenters.